The predicted molar refractivity (Wildman–Crippen MR) is 103 cm³/mol. The summed E-state index contributed by atoms with van der Waals surface area (Å²) in [5.74, 6) is 0.272. The molecule has 0 aliphatic carbocycles. The van der Waals surface area contributed by atoms with Crippen LogP contribution in [-0.4, -0.2) is 12.6 Å². The van der Waals surface area contributed by atoms with Crippen molar-refractivity contribution in [2.75, 3.05) is 6.61 Å². The largest absolute Gasteiger partial charge is 0.462 e. The zero-order valence-corrected chi connectivity index (χ0v) is 15.4. The SMILES string of the molecule is CCCc1oc(=Nc2ccc(C)cc2)c2ccccc2c1C(=O)OCC. The van der Waals surface area contributed by atoms with Crippen LogP contribution in [0.5, 0.6) is 0 Å². The molecule has 0 atom stereocenters. The van der Waals surface area contributed by atoms with E-state index in [9.17, 15) is 4.79 Å². The Labute approximate surface area is 153 Å². The molecule has 0 saturated heterocycles. The normalized spacial score (nSPS) is 11.7. The maximum atomic E-state index is 12.5. The topological polar surface area (TPSA) is 51.8 Å². The number of fused-ring (bicyclic) bond motifs is 1. The number of esters is 1. The van der Waals surface area contributed by atoms with Gasteiger partial charge in [-0.1, -0.05) is 42.8 Å². The molecule has 2 aromatic carbocycles. The van der Waals surface area contributed by atoms with Gasteiger partial charge in [0.2, 0.25) is 5.55 Å². The Morgan fingerprint density at radius 1 is 1.04 bits per heavy atom. The summed E-state index contributed by atoms with van der Waals surface area (Å²) in [6.45, 7) is 6.22. The lowest BCUT2D eigenvalue weighted by Crippen LogP contribution is -2.14. The molecule has 3 aromatic rings. The van der Waals surface area contributed by atoms with Gasteiger partial charge < -0.3 is 9.15 Å². The molecule has 0 aliphatic heterocycles. The number of carbonyl (C=O) groups is 1. The minimum atomic E-state index is -0.349. The average molecular weight is 349 g/mol. The van der Waals surface area contributed by atoms with Gasteiger partial charge in [-0.2, -0.15) is 0 Å². The molecule has 26 heavy (non-hydrogen) atoms. The van der Waals surface area contributed by atoms with Gasteiger partial charge in [-0.25, -0.2) is 9.79 Å². The number of ether oxygens (including phenoxy) is 1. The number of aryl methyl sites for hydroxylation is 2. The Bertz CT molecular complexity index is 984. The highest BCUT2D eigenvalue weighted by Gasteiger charge is 2.20. The Morgan fingerprint density at radius 3 is 2.38 bits per heavy atom. The zero-order chi connectivity index (χ0) is 18.5. The van der Waals surface area contributed by atoms with Crippen LogP contribution in [0, 0.1) is 6.92 Å². The van der Waals surface area contributed by atoms with Crippen molar-refractivity contribution >= 4 is 22.4 Å². The van der Waals surface area contributed by atoms with Gasteiger partial charge in [0, 0.05) is 17.2 Å². The second-order valence-corrected chi connectivity index (χ2v) is 6.17. The van der Waals surface area contributed by atoms with E-state index in [1.165, 1.54) is 5.56 Å². The predicted octanol–water partition coefficient (Wildman–Crippen LogP) is 5.10. The fraction of sp³-hybridized carbons (Fsp3) is 0.273. The molecule has 0 fully saturated rings. The highest BCUT2D eigenvalue weighted by molar-refractivity contribution is 6.04. The molecule has 0 aliphatic rings. The zero-order valence-electron chi connectivity index (χ0n) is 15.4. The summed E-state index contributed by atoms with van der Waals surface area (Å²) >= 11 is 0. The van der Waals surface area contributed by atoms with Gasteiger partial charge in [0.1, 0.15) is 11.3 Å². The summed E-state index contributed by atoms with van der Waals surface area (Å²) in [7, 11) is 0. The average Bonchev–Trinajstić information content (AvgIpc) is 2.64. The third-order valence-corrected chi connectivity index (χ3v) is 4.15. The highest BCUT2D eigenvalue weighted by atomic mass is 16.5. The quantitative estimate of drug-likeness (QED) is 0.602. The molecule has 0 unspecified atom stereocenters. The fourth-order valence-electron chi connectivity index (χ4n) is 2.91. The summed E-state index contributed by atoms with van der Waals surface area (Å²) < 4.78 is 11.4. The van der Waals surface area contributed by atoms with Crippen LogP contribution in [0.1, 0.15) is 41.9 Å². The van der Waals surface area contributed by atoms with Crippen molar-refractivity contribution in [2.45, 2.75) is 33.6 Å². The standard InChI is InChI=1S/C22H23NO3/c1-4-8-19-20(22(24)25-5-2)17-9-6-7-10-18(17)21(26-19)23-16-13-11-15(3)12-14-16/h6-7,9-14H,4-5,8H2,1-3H3. The van der Waals surface area contributed by atoms with Gasteiger partial charge in [0.15, 0.2) is 0 Å². The Balaban J connectivity index is 2.29. The third-order valence-electron chi connectivity index (χ3n) is 4.15. The van der Waals surface area contributed by atoms with Gasteiger partial charge in [0.05, 0.1) is 12.3 Å². The van der Waals surface area contributed by atoms with Gasteiger partial charge in [-0.05, 0) is 38.5 Å². The molecule has 0 spiro atoms. The van der Waals surface area contributed by atoms with Crippen LogP contribution in [0.15, 0.2) is 57.9 Å². The fourth-order valence-corrected chi connectivity index (χ4v) is 2.91. The monoisotopic (exact) mass is 349 g/mol. The Morgan fingerprint density at radius 2 is 1.73 bits per heavy atom. The lowest BCUT2D eigenvalue weighted by atomic mass is 10.0. The summed E-state index contributed by atoms with van der Waals surface area (Å²) in [6, 6.07) is 15.6. The summed E-state index contributed by atoms with van der Waals surface area (Å²) in [5, 5.41) is 1.61. The van der Waals surface area contributed by atoms with Crippen LogP contribution in [0.4, 0.5) is 5.69 Å². The molecule has 1 aromatic heterocycles. The van der Waals surface area contributed by atoms with Gasteiger partial charge in [0.25, 0.3) is 0 Å². The maximum Gasteiger partial charge on any atom is 0.342 e. The summed E-state index contributed by atoms with van der Waals surface area (Å²) in [5.41, 5.74) is 3.01. The Kier molecular flexibility index (Phi) is 5.52. The molecule has 1 heterocycles. The molecule has 0 N–H and O–H groups in total. The second kappa shape index (κ2) is 8.00. The summed E-state index contributed by atoms with van der Waals surface area (Å²) in [4.78, 5) is 17.2. The molecule has 4 heteroatoms. The van der Waals surface area contributed by atoms with Crippen molar-refractivity contribution < 1.29 is 13.9 Å². The molecule has 0 amide bonds. The summed E-state index contributed by atoms with van der Waals surface area (Å²) in [6.07, 6.45) is 1.51. The van der Waals surface area contributed by atoms with Crippen molar-refractivity contribution in [3.8, 4) is 0 Å². The lowest BCUT2D eigenvalue weighted by Gasteiger charge is -2.11. The van der Waals surface area contributed by atoms with Crippen molar-refractivity contribution in [3.05, 3.63) is 71.0 Å². The molecular weight excluding hydrogens is 326 g/mol. The third kappa shape index (κ3) is 3.69. The van der Waals surface area contributed by atoms with E-state index in [-0.39, 0.29) is 5.97 Å². The number of hydrogen-bond acceptors (Lipinski definition) is 4. The van der Waals surface area contributed by atoms with E-state index in [1.54, 1.807) is 6.92 Å². The highest BCUT2D eigenvalue weighted by Crippen LogP contribution is 2.23. The molecular formula is C22H23NO3. The van der Waals surface area contributed by atoms with Gasteiger partial charge in [-0.3, -0.25) is 0 Å². The number of nitrogens with zero attached hydrogens (tertiary/aromatic N) is 1. The van der Waals surface area contributed by atoms with Crippen LogP contribution >= 0.6 is 0 Å². The molecule has 134 valence electrons. The van der Waals surface area contributed by atoms with E-state index in [0.717, 1.165) is 22.9 Å². The maximum absolute atomic E-state index is 12.5. The molecule has 0 saturated carbocycles. The van der Waals surface area contributed by atoms with E-state index < -0.39 is 0 Å². The lowest BCUT2D eigenvalue weighted by molar-refractivity contribution is 0.0523. The van der Waals surface area contributed by atoms with Crippen LogP contribution in [0.2, 0.25) is 0 Å². The number of rotatable bonds is 5. The molecule has 0 radical (unpaired) electrons. The minimum absolute atomic E-state index is 0.328. The van der Waals surface area contributed by atoms with E-state index in [0.29, 0.717) is 29.9 Å². The van der Waals surface area contributed by atoms with E-state index in [4.69, 9.17) is 9.15 Å². The van der Waals surface area contributed by atoms with Crippen molar-refractivity contribution in [1.82, 2.24) is 0 Å². The number of benzene rings is 2. The van der Waals surface area contributed by atoms with E-state index in [2.05, 4.69) is 11.9 Å². The van der Waals surface area contributed by atoms with Crippen LogP contribution in [0.25, 0.3) is 10.8 Å². The molecule has 3 rings (SSSR count). The second-order valence-electron chi connectivity index (χ2n) is 6.17. The Hall–Kier alpha value is -2.88. The van der Waals surface area contributed by atoms with Crippen LogP contribution in [0.3, 0.4) is 0 Å². The van der Waals surface area contributed by atoms with Crippen LogP contribution < -0.4 is 5.55 Å². The van der Waals surface area contributed by atoms with E-state index in [1.807, 2.05) is 55.5 Å². The first kappa shape index (κ1) is 17.9. The van der Waals surface area contributed by atoms with Crippen molar-refractivity contribution in [2.24, 2.45) is 4.99 Å². The van der Waals surface area contributed by atoms with Crippen LogP contribution in [-0.2, 0) is 11.2 Å². The smallest absolute Gasteiger partial charge is 0.342 e. The number of hydrogen-bond donors (Lipinski definition) is 0. The first-order valence-electron chi connectivity index (χ1n) is 8.97. The van der Waals surface area contributed by atoms with Gasteiger partial charge in [-0.15, -0.1) is 0 Å². The van der Waals surface area contributed by atoms with E-state index >= 15 is 0 Å². The first-order valence-corrected chi connectivity index (χ1v) is 8.97. The minimum Gasteiger partial charge on any atom is -0.462 e. The van der Waals surface area contributed by atoms with Crippen molar-refractivity contribution in [1.29, 1.82) is 0 Å². The first-order chi connectivity index (χ1) is 12.6. The number of carbonyl (C=O) groups excluding carboxylic acids is 1. The van der Waals surface area contributed by atoms with Gasteiger partial charge >= 0.3 is 5.97 Å². The molecule has 4 nitrogen and oxygen atoms in total. The van der Waals surface area contributed by atoms with Crippen molar-refractivity contribution in [3.63, 3.8) is 0 Å². The molecule has 0 bridgehead atoms.